The Kier molecular flexibility index (Phi) is 19.6. The van der Waals surface area contributed by atoms with Gasteiger partial charge in [0.2, 0.25) is 5.91 Å². The maximum atomic E-state index is 12.4. The molecule has 1 heterocycles. The van der Waals surface area contributed by atoms with Crippen LogP contribution in [0.3, 0.4) is 0 Å². The predicted octanol–water partition coefficient (Wildman–Crippen LogP) is 11.4. The first-order valence-corrected chi connectivity index (χ1v) is 16.9. The van der Waals surface area contributed by atoms with Gasteiger partial charge < -0.3 is 16.0 Å². The van der Waals surface area contributed by atoms with Gasteiger partial charge in [0.15, 0.2) is 0 Å². The van der Waals surface area contributed by atoms with Crippen LogP contribution in [0, 0.1) is 12.8 Å². The SMILES string of the molecule is CC.CCCCC(C)CCC.CCc1nc(-c2ccc(C(F)(F)F)cc2)[nH]c1C.Nc1ccc(NC(=O)CCc2ccccc2)cc1. The molecule has 0 fully saturated rings. The van der Waals surface area contributed by atoms with E-state index in [-0.39, 0.29) is 5.91 Å². The number of nitrogens with two attached hydrogens (primary N) is 1. The lowest BCUT2D eigenvalue weighted by Gasteiger charge is -2.07. The molecule has 4 rings (SSSR count). The van der Waals surface area contributed by atoms with Crippen LogP contribution in [0.4, 0.5) is 24.5 Å². The van der Waals surface area contributed by atoms with Crippen LogP contribution in [-0.2, 0) is 23.8 Å². The topological polar surface area (TPSA) is 83.8 Å². The van der Waals surface area contributed by atoms with E-state index in [0.717, 1.165) is 48.0 Å². The number of rotatable bonds is 11. The second kappa shape index (κ2) is 22.5. The summed E-state index contributed by atoms with van der Waals surface area (Å²) in [5.74, 6) is 1.59. The molecule has 8 heteroatoms. The summed E-state index contributed by atoms with van der Waals surface area (Å²) in [7, 11) is 0. The Morgan fingerprint density at radius 1 is 0.894 bits per heavy atom. The van der Waals surface area contributed by atoms with Crippen molar-refractivity contribution in [3.8, 4) is 11.4 Å². The molecule has 1 aromatic heterocycles. The molecular weight excluding hydrogens is 597 g/mol. The number of amides is 1. The number of carbonyl (C=O) groups is 1. The highest BCUT2D eigenvalue weighted by atomic mass is 19.4. The monoisotopic (exact) mass is 652 g/mol. The molecule has 0 aliphatic heterocycles. The number of benzene rings is 3. The summed E-state index contributed by atoms with van der Waals surface area (Å²) in [5.41, 5.74) is 10.1. The summed E-state index contributed by atoms with van der Waals surface area (Å²) in [6, 6.07) is 22.1. The first-order chi connectivity index (χ1) is 22.5. The number of hydrogen-bond acceptors (Lipinski definition) is 3. The van der Waals surface area contributed by atoms with Gasteiger partial charge in [0.1, 0.15) is 5.82 Å². The highest BCUT2D eigenvalue weighted by Gasteiger charge is 2.30. The number of nitrogen functional groups attached to an aromatic ring is 1. The number of alkyl halides is 3. The molecule has 0 spiro atoms. The largest absolute Gasteiger partial charge is 0.416 e. The van der Waals surface area contributed by atoms with Crippen LogP contribution in [0.5, 0.6) is 0 Å². The molecule has 4 N–H and O–H groups in total. The Labute approximate surface area is 280 Å². The molecular formula is C39H55F3N4O. The Morgan fingerprint density at radius 3 is 2.02 bits per heavy atom. The first kappa shape index (κ1) is 41.0. The Balaban J connectivity index is 0.000000363. The summed E-state index contributed by atoms with van der Waals surface area (Å²) in [5, 5.41) is 2.84. The van der Waals surface area contributed by atoms with Crippen molar-refractivity contribution in [3.05, 3.63) is 101 Å². The number of hydrogen-bond donors (Lipinski definition) is 3. The number of imidazole rings is 1. The quantitative estimate of drug-likeness (QED) is 0.141. The van der Waals surface area contributed by atoms with E-state index in [4.69, 9.17) is 5.73 Å². The van der Waals surface area contributed by atoms with Gasteiger partial charge in [0.25, 0.3) is 0 Å². The predicted molar refractivity (Wildman–Crippen MR) is 192 cm³/mol. The highest BCUT2D eigenvalue weighted by molar-refractivity contribution is 5.90. The van der Waals surface area contributed by atoms with Gasteiger partial charge in [-0.05, 0) is 67.6 Å². The lowest BCUT2D eigenvalue weighted by Crippen LogP contribution is -2.12. The average Bonchev–Trinajstić information content (AvgIpc) is 3.46. The van der Waals surface area contributed by atoms with Gasteiger partial charge in [-0.15, -0.1) is 0 Å². The van der Waals surface area contributed by atoms with Crippen molar-refractivity contribution in [3.63, 3.8) is 0 Å². The van der Waals surface area contributed by atoms with Crippen LogP contribution >= 0.6 is 0 Å². The Bertz CT molecular complexity index is 1380. The van der Waals surface area contributed by atoms with Gasteiger partial charge >= 0.3 is 6.18 Å². The van der Waals surface area contributed by atoms with Crippen LogP contribution in [0.2, 0.25) is 0 Å². The van der Waals surface area contributed by atoms with E-state index in [1.807, 2.05) is 58.0 Å². The molecule has 3 aromatic carbocycles. The summed E-state index contributed by atoms with van der Waals surface area (Å²) < 4.78 is 37.3. The second-order valence-corrected chi connectivity index (χ2v) is 11.3. The molecule has 1 amide bonds. The summed E-state index contributed by atoms with van der Waals surface area (Å²) in [6.45, 7) is 14.8. The van der Waals surface area contributed by atoms with Crippen molar-refractivity contribution in [1.82, 2.24) is 9.97 Å². The number of nitrogens with one attached hydrogen (secondary N) is 2. The average molecular weight is 653 g/mol. The zero-order valence-corrected chi connectivity index (χ0v) is 29.3. The minimum Gasteiger partial charge on any atom is -0.399 e. The normalized spacial score (nSPS) is 11.1. The van der Waals surface area contributed by atoms with Crippen molar-refractivity contribution >= 4 is 17.3 Å². The molecule has 0 aliphatic carbocycles. The minimum absolute atomic E-state index is 0.0172. The van der Waals surface area contributed by atoms with E-state index in [0.29, 0.717) is 23.5 Å². The molecule has 0 bridgehead atoms. The van der Waals surface area contributed by atoms with Crippen molar-refractivity contribution in [2.75, 3.05) is 11.1 Å². The van der Waals surface area contributed by atoms with E-state index in [2.05, 4.69) is 36.1 Å². The summed E-state index contributed by atoms with van der Waals surface area (Å²) in [6.07, 6.45) is 4.70. The van der Waals surface area contributed by atoms with Gasteiger partial charge in [0, 0.05) is 29.1 Å². The fraction of sp³-hybridized carbons (Fsp3) is 0.436. The Morgan fingerprint density at radius 2 is 1.51 bits per heavy atom. The second-order valence-electron chi connectivity index (χ2n) is 11.3. The fourth-order valence-corrected chi connectivity index (χ4v) is 4.68. The molecule has 258 valence electrons. The molecule has 0 saturated heterocycles. The number of anilines is 2. The van der Waals surface area contributed by atoms with Crippen molar-refractivity contribution in [2.45, 2.75) is 106 Å². The fourth-order valence-electron chi connectivity index (χ4n) is 4.68. The molecule has 1 unspecified atom stereocenters. The van der Waals surface area contributed by atoms with Gasteiger partial charge in [-0.2, -0.15) is 13.2 Å². The molecule has 1 atom stereocenters. The van der Waals surface area contributed by atoms with Crippen LogP contribution in [0.25, 0.3) is 11.4 Å². The van der Waals surface area contributed by atoms with Crippen molar-refractivity contribution < 1.29 is 18.0 Å². The summed E-state index contributed by atoms with van der Waals surface area (Å²) in [4.78, 5) is 19.2. The van der Waals surface area contributed by atoms with Crippen molar-refractivity contribution in [2.24, 2.45) is 5.92 Å². The molecule has 47 heavy (non-hydrogen) atoms. The standard InChI is InChI=1S/C15H16N2O.C13H13F3N2.C9H20.C2H6/c16-13-7-9-14(10-8-13)17-15(18)11-6-12-4-2-1-3-5-12;1-3-11-8(2)17-12(18-11)9-4-6-10(7-5-9)13(14,15)16;1-4-6-8-9(3)7-5-2;1-2/h1-5,7-10H,6,11,16H2,(H,17,18);4-7H,3H2,1-2H3,(H,17,18);9H,4-8H2,1-3H3;1-2H3. The van der Waals surface area contributed by atoms with Crippen LogP contribution in [0.15, 0.2) is 78.9 Å². The molecule has 5 nitrogen and oxygen atoms in total. The van der Waals surface area contributed by atoms with Gasteiger partial charge in [-0.3, -0.25) is 4.79 Å². The molecule has 0 aliphatic rings. The number of aryl methyl sites for hydroxylation is 3. The van der Waals surface area contributed by atoms with Gasteiger partial charge in [0.05, 0.1) is 11.3 Å². The smallest absolute Gasteiger partial charge is 0.399 e. The van der Waals surface area contributed by atoms with Gasteiger partial charge in [-0.1, -0.05) is 116 Å². The Hall–Kier alpha value is -4.07. The van der Waals surface area contributed by atoms with Crippen LogP contribution in [0.1, 0.15) is 103 Å². The maximum absolute atomic E-state index is 12.4. The number of H-pyrrole nitrogens is 1. The number of aromatic nitrogens is 2. The number of unbranched alkanes of at least 4 members (excludes halogenated alkanes) is 1. The first-order valence-electron chi connectivity index (χ1n) is 16.9. The van der Waals surface area contributed by atoms with Crippen LogP contribution < -0.4 is 11.1 Å². The van der Waals surface area contributed by atoms with E-state index >= 15 is 0 Å². The van der Waals surface area contributed by atoms with E-state index in [9.17, 15) is 18.0 Å². The van der Waals surface area contributed by atoms with Crippen LogP contribution in [-0.4, -0.2) is 15.9 Å². The van der Waals surface area contributed by atoms with Gasteiger partial charge in [-0.25, -0.2) is 4.98 Å². The zero-order chi connectivity index (χ0) is 35.2. The highest BCUT2D eigenvalue weighted by Crippen LogP contribution is 2.30. The third-order valence-corrected chi connectivity index (χ3v) is 7.32. The lowest BCUT2D eigenvalue weighted by molar-refractivity contribution is -0.137. The lowest BCUT2D eigenvalue weighted by atomic mass is 10.00. The zero-order valence-electron chi connectivity index (χ0n) is 29.3. The van der Waals surface area contributed by atoms with Crippen molar-refractivity contribution in [1.29, 1.82) is 0 Å². The number of halogens is 3. The van der Waals surface area contributed by atoms with E-state index < -0.39 is 11.7 Å². The minimum atomic E-state index is -4.30. The molecule has 4 aromatic rings. The summed E-state index contributed by atoms with van der Waals surface area (Å²) >= 11 is 0. The number of nitrogens with zero attached hydrogens (tertiary/aromatic N) is 1. The third kappa shape index (κ3) is 16.4. The number of carbonyl (C=O) groups excluding carboxylic acids is 1. The molecule has 0 saturated carbocycles. The van der Waals surface area contributed by atoms with E-state index in [1.54, 1.807) is 24.3 Å². The molecule has 0 radical (unpaired) electrons. The maximum Gasteiger partial charge on any atom is 0.416 e. The number of aromatic amines is 1. The van der Waals surface area contributed by atoms with E-state index in [1.165, 1.54) is 49.8 Å². The third-order valence-electron chi connectivity index (χ3n) is 7.32.